The number of rotatable bonds is 3. The van der Waals surface area contributed by atoms with Gasteiger partial charge in [0, 0.05) is 12.1 Å². The minimum absolute atomic E-state index is 0.267. The molecule has 0 radical (unpaired) electrons. The fourth-order valence-electron chi connectivity index (χ4n) is 1.93. The van der Waals surface area contributed by atoms with Crippen molar-refractivity contribution < 1.29 is 9.47 Å². The highest BCUT2D eigenvalue weighted by Gasteiger charge is 2.14. The molecule has 2 rings (SSSR count). The largest absolute Gasteiger partial charge is 0.487 e. The van der Waals surface area contributed by atoms with E-state index in [0.29, 0.717) is 5.88 Å². The van der Waals surface area contributed by atoms with Crippen LogP contribution in [0.15, 0.2) is 12.3 Å². The van der Waals surface area contributed by atoms with Crippen LogP contribution in [0.2, 0.25) is 0 Å². The molecule has 4 nitrogen and oxygen atoms in total. The first-order valence-electron chi connectivity index (χ1n) is 5.67. The summed E-state index contributed by atoms with van der Waals surface area (Å²) in [6, 6.07) is 1.97. The highest BCUT2D eigenvalue weighted by atomic mass is 16.5. The number of aromatic nitrogens is 1. The van der Waals surface area contributed by atoms with Gasteiger partial charge in [0.25, 0.3) is 0 Å². The second-order valence-corrected chi connectivity index (χ2v) is 4.08. The minimum Gasteiger partial charge on any atom is -0.487 e. The zero-order valence-corrected chi connectivity index (χ0v) is 9.82. The molecular formula is C12H18N2O2. The van der Waals surface area contributed by atoms with Gasteiger partial charge in [0.05, 0.1) is 13.3 Å². The fourth-order valence-corrected chi connectivity index (χ4v) is 1.93. The molecule has 0 aliphatic carbocycles. The van der Waals surface area contributed by atoms with E-state index in [1.54, 1.807) is 13.3 Å². The third kappa shape index (κ3) is 2.64. The third-order valence-electron chi connectivity index (χ3n) is 2.75. The molecule has 1 aliphatic rings. The van der Waals surface area contributed by atoms with Crippen LogP contribution in [0.25, 0.3) is 0 Å². The van der Waals surface area contributed by atoms with Crippen LogP contribution < -0.4 is 14.8 Å². The predicted molar refractivity (Wildman–Crippen MR) is 62.0 cm³/mol. The van der Waals surface area contributed by atoms with Crippen LogP contribution in [0, 0.1) is 6.92 Å². The van der Waals surface area contributed by atoms with Crippen LogP contribution in [0.4, 0.5) is 0 Å². The molecule has 0 saturated carbocycles. The second kappa shape index (κ2) is 5.16. The molecule has 4 heteroatoms. The molecule has 1 aliphatic heterocycles. The number of ether oxygens (including phenoxy) is 2. The minimum atomic E-state index is 0.267. The Labute approximate surface area is 96.0 Å². The van der Waals surface area contributed by atoms with E-state index >= 15 is 0 Å². The molecule has 1 unspecified atom stereocenters. The summed E-state index contributed by atoms with van der Waals surface area (Å²) in [7, 11) is 1.63. The Kier molecular flexibility index (Phi) is 3.62. The number of hydrogen-bond acceptors (Lipinski definition) is 4. The van der Waals surface area contributed by atoms with Gasteiger partial charge in [-0.15, -0.1) is 0 Å². The maximum atomic E-state index is 5.86. The molecule has 1 saturated heterocycles. The monoisotopic (exact) mass is 222 g/mol. The molecular weight excluding hydrogens is 204 g/mol. The maximum absolute atomic E-state index is 5.86. The molecule has 0 spiro atoms. The van der Waals surface area contributed by atoms with Crippen molar-refractivity contribution in [3.05, 3.63) is 17.8 Å². The average molecular weight is 222 g/mol. The third-order valence-corrected chi connectivity index (χ3v) is 2.75. The first-order valence-corrected chi connectivity index (χ1v) is 5.67. The number of methoxy groups -OCH3 is 1. The van der Waals surface area contributed by atoms with Crippen molar-refractivity contribution in [3.63, 3.8) is 0 Å². The van der Waals surface area contributed by atoms with Gasteiger partial charge in [-0.3, -0.25) is 0 Å². The van der Waals surface area contributed by atoms with Crippen molar-refractivity contribution in [2.75, 3.05) is 20.2 Å². The summed E-state index contributed by atoms with van der Waals surface area (Å²) in [6.07, 6.45) is 4.27. The van der Waals surface area contributed by atoms with Gasteiger partial charge in [-0.1, -0.05) is 0 Å². The summed E-state index contributed by atoms with van der Waals surface area (Å²) in [5.74, 6) is 1.49. The molecule has 0 amide bonds. The van der Waals surface area contributed by atoms with Gasteiger partial charge in [0.2, 0.25) is 5.88 Å². The van der Waals surface area contributed by atoms with Crippen molar-refractivity contribution in [3.8, 4) is 11.6 Å². The Balaban J connectivity index is 2.01. The highest BCUT2D eigenvalue weighted by Crippen LogP contribution is 2.21. The van der Waals surface area contributed by atoms with Gasteiger partial charge in [-0.25, -0.2) is 4.98 Å². The molecule has 88 valence electrons. The smallest absolute Gasteiger partial charge is 0.216 e. The standard InChI is InChI=1S/C12H18N2O2/c1-9-6-11(8-14-12(9)15-2)16-10-4-3-5-13-7-10/h6,8,10,13H,3-5,7H2,1-2H3. The lowest BCUT2D eigenvalue weighted by Gasteiger charge is -2.24. The fraction of sp³-hybridized carbons (Fsp3) is 0.583. The number of nitrogens with zero attached hydrogens (tertiary/aromatic N) is 1. The molecule has 0 aromatic carbocycles. The van der Waals surface area contributed by atoms with E-state index in [1.807, 2.05) is 13.0 Å². The van der Waals surface area contributed by atoms with E-state index in [2.05, 4.69) is 10.3 Å². The van der Waals surface area contributed by atoms with E-state index in [0.717, 1.165) is 30.8 Å². The van der Waals surface area contributed by atoms with Gasteiger partial charge in [0.1, 0.15) is 11.9 Å². The Morgan fingerprint density at radius 1 is 1.50 bits per heavy atom. The first-order chi connectivity index (χ1) is 7.79. The van der Waals surface area contributed by atoms with Gasteiger partial charge < -0.3 is 14.8 Å². The summed E-state index contributed by atoms with van der Waals surface area (Å²) >= 11 is 0. The van der Waals surface area contributed by atoms with E-state index in [4.69, 9.17) is 9.47 Å². The van der Waals surface area contributed by atoms with Gasteiger partial charge >= 0.3 is 0 Å². The molecule has 1 fully saturated rings. The van der Waals surface area contributed by atoms with E-state index < -0.39 is 0 Å². The van der Waals surface area contributed by atoms with Crippen LogP contribution in [-0.2, 0) is 0 Å². The predicted octanol–water partition coefficient (Wildman–Crippen LogP) is 1.53. The van der Waals surface area contributed by atoms with Gasteiger partial charge in [0.15, 0.2) is 0 Å². The first kappa shape index (κ1) is 11.2. The van der Waals surface area contributed by atoms with Crippen molar-refractivity contribution >= 4 is 0 Å². The number of aryl methyl sites for hydroxylation is 1. The molecule has 1 N–H and O–H groups in total. The Morgan fingerprint density at radius 3 is 3.00 bits per heavy atom. The summed E-state index contributed by atoms with van der Waals surface area (Å²) in [6.45, 7) is 3.99. The highest BCUT2D eigenvalue weighted by molar-refractivity contribution is 5.32. The molecule has 16 heavy (non-hydrogen) atoms. The van der Waals surface area contributed by atoms with Crippen LogP contribution in [0.1, 0.15) is 18.4 Å². The Bertz CT molecular complexity index is 349. The number of hydrogen-bond donors (Lipinski definition) is 1. The summed E-state index contributed by atoms with van der Waals surface area (Å²) in [5, 5.41) is 3.32. The zero-order valence-electron chi connectivity index (χ0n) is 9.82. The normalized spacial score (nSPS) is 20.5. The summed E-state index contributed by atoms with van der Waals surface area (Å²) < 4.78 is 11.0. The Hall–Kier alpha value is -1.29. The van der Waals surface area contributed by atoms with E-state index in [1.165, 1.54) is 6.42 Å². The van der Waals surface area contributed by atoms with Crippen molar-refractivity contribution in [1.82, 2.24) is 10.3 Å². The number of nitrogens with one attached hydrogen (secondary N) is 1. The van der Waals surface area contributed by atoms with Crippen LogP contribution >= 0.6 is 0 Å². The van der Waals surface area contributed by atoms with Crippen LogP contribution in [-0.4, -0.2) is 31.3 Å². The quantitative estimate of drug-likeness (QED) is 0.842. The number of pyridine rings is 1. The lowest BCUT2D eigenvalue weighted by atomic mass is 10.1. The van der Waals surface area contributed by atoms with Crippen LogP contribution in [0.3, 0.4) is 0 Å². The lowest BCUT2D eigenvalue weighted by Crippen LogP contribution is -2.37. The van der Waals surface area contributed by atoms with Crippen molar-refractivity contribution in [1.29, 1.82) is 0 Å². The van der Waals surface area contributed by atoms with Crippen molar-refractivity contribution in [2.24, 2.45) is 0 Å². The molecule has 1 aromatic heterocycles. The molecule has 1 atom stereocenters. The van der Waals surface area contributed by atoms with Crippen LogP contribution in [0.5, 0.6) is 11.6 Å². The van der Waals surface area contributed by atoms with Gasteiger partial charge in [-0.05, 0) is 32.4 Å². The second-order valence-electron chi connectivity index (χ2n) is 4.08. The average Bonchev–Trinajstić information content (AvgIpc) is 2.31. The van der Waals surface area contributed by atoms with Gasteiger partial charge in [-0.2, -0.15) is 0 Å². The zero-order chi connectivity index (χ0) is 11.4. The maximum Gasteiger partial charge on any atom is 0.216 e. The molecule has 0 bridgehead atoms. The lowest BCUT2D eigenvalue weighted by molar-refractivity contribution is 0.166. The number of piperidine rings is 1. The van der Waals surface area contributed by atoms with Crippen molar-refractivity contribution in [2.45, 2.75) is 25.9 Å². The van der Waals surface area contributed by atoms with E-state index in [9.17, 15) is 0 Å². The summed E-state index contributed by atoms with van der Waals surface area (Å²) in [4.78, 5) is 4.19. The SMILES string of the molecule is COc1ncc(OC2CCCNC2)cc1C. The van der Waals surface area contributed by atoms with E-state index in [-0.39, 0.29) is 6.10 Å². The summed E-state index contributed by atoms with van der Waals surface area (Å²) in [5.41, 5.74) is 1.00. The topological polar surface area (TPSA) is 43.4 Å². The molecule has 1 aromatic rings. The Morgan fingerprint density at radius 2 is 2.38 bits per heavy atom. The molecule has 2 heterocycles.